The molecule has 0 aliphatic rings. The van der Waals surface area contributed by atoms with Crippen LogP contribution in [0.2, 0.25) is 0 Å². The Morgan fingerprint density at radius 3 is 2.65 bits per heavy atom. The largest absolute Gasteiger partial charge is 0.403 e. The highest BCUT2D eigenvalue weighted by Gasteiger charge is 2.14. The van der Waals surface area contributed by atoms with E-state index in [1.54, 1.807) is 6.21 Å². The minimum atomic E-state index is -0.308. The highest BCUT2D eigenvalue weighted by molar-refractivity contribution is 5.80. The maximum absolute atomic E-state index is 11.3. The number of carbonyl (C=O) groups is 1. The molecule has 0 saturated heterocycles. The summed E-state index contributed by atoms with van der Waals surface area (Å²) < 4.78 is 0. The fourth-order valence-electron chi connectivity index (χ4n) is 1.50. The molecule has 0 radical (unpaired) electrons. The third-order valence-corrected chi connectivity index (χ3v) is 2.39. The van der Waals surface area contributed by atoms with Crippen molar-refractivity contribution < 1.29 is 4.79 Å². The van der Waals surface area contributed by atoms with Gasteiger partial charge in [-0.1, -0.05) is 30.3 Å². The highest BCUT2D eigenvalue weighted by Crippen LogP contribution is 2.10. The van der Waals surface area contributed by atoms with E-state index >= 15 is 0 Å². The lowest BCUT2D eigenvalue weighted by atomic mass is 9.96. The van der Waals surface area contributed by atoms with Gasteiger partial charge in [-0.05, 0) is 18.4 Å². The van der Waals surface area contributed by atoms with Crippen LogP contribution in [0.25, 0.3) is 0 Å². The number of aliphatic imine (C=N–C) groups is 1. The molecule has 4 heteroatoms. The summed E-state index contributed by atoms with van der Waals surface area (Å²) in [4.78, 5) is 15.2. The van der Waals surface area contributed by atoms with Crippen LogP contribution >= 0.6 is 0 Å². The van der Waals surface area contributed by atoms with Crippen LogP contribution in [-0.2, 0) is 11.2 Å². The number of amides is 1. The number of rotatable bonds is 6. The fraction of sp³-hybridized carbons (Fsp3) is 0.231. The van der Waals surface area contributed by atoms with Crippen LogP contribution in [-0.4, -0.2) is 12.1 Å². The molecule has 1 rings (SSSR count). The standard InChI is InChI=1S/C13H17N3O/c14-7-9-16-8-6-12(13(15)17)10-11-4-2-1-3-5-11/h1-5,7-9,12H,6,10,14H2,(H2,15,17)/b9-7-,16-8?. The van der Waals surface area contributed by atoms with Gasteiger partial charge >= 0.3 is 0 Å². The molecule has 4 N–H and O–H groups in total. The molecule has 0 aliphatic carbocycles. The molecule has 0 aromatic heterocycles. The van der Waals surface area contributed by atoms with Gasteiger partial charge in [0, 0.05) is 24.5 Å². The van der Waals surface area contributed by atoms with Crippen LogP contribution in [0.3, 0.4) is 0 Å². The van der Waals surface area contributed by atoms with Gasteiger partial charge < -0.3 is 11.5 Å². The molecule has 1 aromatic carbocycles. The summed E-state index contributed by atoms with van der Waals surface area (Å²) in [6, 6.07) is 9.79. The summed E-state index contributed by atoms with van der Waals surface area (Å²) in [6.45, 7) is 0. The van der Waals surface area contributed by atoms with Gasteiger partial charge in [0.25, 0.3) is 0 Å². The predicted molar refractivity (Wildman–Crippen MR) is 69.3 cm³/mol. The normalized spacial score (nSPS) is 13.2. The Morgan fingerprint density at radius 2 is 2.06 bits per heavy atom. The molecule has 4 nitrogen and oxygen atoms in total. The van der Waals surface area contributed by atoms with Gasteiger partial charge in [0.1, 0.15) is 0 Å². The summed E-state index contributed by atoms with van der Waals surface area (Å²) in [5, 5.41) is 0. The van der Waals surface area contributed by atoms with Crippen molar-refractivity contribution in [3.63, 3.8) is 0 Å². The van der Waals surface area contributed by atoms with Crippen molar-refractivity contribution in [1.82, 2.24) is 0 Å². The van der Waals surface area contributed by atoms with Crippen LogP contribution in [0.5, 0.6) is 0 Å². The molecule has 1 atom stereocenters. The van der Waals surface area contributed by atoms with E-state index in [9.17, 15) is 4.79 Å². The van der Waals surface area contributed by atoms with Crippen LogP contribution in [0.15, 0.2) is 47.7 Å². The summed E-state index contributed by atoms with van der Waals surface area (Å²) in [5.74, 6) is -0.538. The monoisotopic (exact) mass is 231 g/mol. The Balaban J connectivity index is 2.58. The molecule has 1 aromatic rings. The zero-order valence-corrected chi connectivity index (χ0v) is 9.62. The Bertz CT molecular complexity index is 398. The lowest BCUT2D eigenvalue weighted by Crippen LogP contribution is -2.25. The van der Waals surface area contributed by atoms with E-state index in [-0.39, 0.29) is 11.8 Å². The molecular weight excluding hydrogens is 214 g/mol. The van der Waals surface area contributed by atoms with Gasteiger partial charge in [0.2, 0.25) is 5.91 Å². The van der Waals surface area contributed by atoms with E-state index < -0.39 is 0 Å². The third-order valence-electron chi connectivity index (χ3n) is 2.39. The van der Waals surface area contributed by atoms with E-state index in [0.717, 1.165) is 5.56 Å². The van der Waals surface area contributed by atoms with E-state index in [1.807, 2.05) is 30.3 Å². The van der Waals surface area contributed by atoms with Gasteiger partial charge in [0.05, 0.1) is 0 Å². The fourth-order valence-corrected chi connectivity index (χ4v) is 1.50. The van der Waals surface area contributed by atoms with Crippen molar-refractivity contribution in [2.45, 2.75) is 12.8 Å². The molecular formula is C13H17N3O. The number of hydrogen-bond donors (Lipinski definition) is 2. The number of primary amides is 1. The van der Waals surface area contributed by atoms with Gasteiger partial charge in [-0.2, -0.15) is 0 Å². The number of nitrogens with zero attached hydrogens (tertiary/aromatic N) is 1. The topological polar surface area (TPSA) is 81.5 Å². The molecule has 0 spiro atoms. The number of carbonyl (C=O) groups excluding carboxylic acids is 1. The third kappa shape index (κ3) is 4.97. The quantitative estimate of drug-likeness (QED) is 0.722. The number of nitrogens with two attached hydrogens (primary N) is 2. The summed E-state index contributed by atoms with van der Waals surface area (Å²) in [7, 11) is 0. The average Bonchev–Trinajstić information content (AvgIpc) is 2.34. The molecule has 0 bridgehead atoms. The van der Waals surface area contributed by atoms with E-state index in [1.165, 1.54) is 12.4 Å². The second kappa shape index (κ2) is 7.22. The maximum atomic E-state index is 11.3. The van der Waals surface area contributed by atoms with Crippen molar-refractivity contribution in [2.75, 3.05) is 0 Å². The van der Waals surface area contributed by atoms with Crippen molar-refractivity contribution in [3.8, 4) is 0 Å². The maximum Gasteiger partial charge on any atom is 0.221 e. The smallest absolute Gasteiger partial charge is 0.221 e. The first kappa shape index (κ1) is 13.0. The molecule has 90 valence electrons. The van der Waals surface area contributed by atoms with Gasteiger partial charge in [-0.25, -0.2) is 0 Å². The first-order valence-electron chi connectivity index (χ1n) is 5.45. The zero-order valence-electron chi connectivity index (χ0n) is 9.62. The molecule has 0 heterocycles. The second-order valence-electron chi connectivity index (χ2n) is 3.70. The van der Waals surface area contributed by atoms with Crippen LogP contribution in [0, 0.1) is 5.92 Å². The molecule has 1 amide bonds. The lowest BCUT2D eigenvalue weighted by Gasteiger charge is -2.10. The minimum absolute atomic E-state index is 0.229. The van der Waals surface area contributed by atoms with Gasteiger partial charge in [-0.15, -0.1) is 0 Å². The molecule has 0 aliphatic heterocycles. The van der Waals surface area contributed by atoms with Crippen LogP contribution in [0.4, 0.5) is 0 Å². The van der Waals surface area contributed by atoms with E-state index in [2.05, 4.69) is 4.99 Å². The van der Waals surface area contributed by atoms with E-state index in [0.29, 0.717) is 12.8 Å². The summed E-state index contributed by atoms with van der Waals surface area (Å²) in [6.07, 6.45) is 5.62. The van der Waals surface area contributed by atoms with Crippen LogP contribution < -0.4 is 11.5 Å². The zero-order chi connectivity index (χ0) is 12.5. The SMILES string of the molecule is N/C=C\N=CCC(Cc1ccccc1)C(N)=O. The molecule has 1 unspecified atom stereocenters. The molecule has 0 saturated carbocycles. The molecule has 17 heavy (non-hydrogen) atoms. The van der Waals surface area contributed by atoms with Crippen LogP contribution in [0.1, 0.15) is 12.0 Å². The Morgan fingerprint density at radius 1 is 1.35 bits per heavy atom. The van der Waals surface area contributed by atoms with Crippen molar-refractivity contribution in [3.05, 3.63) is 48.3 Å². The Labute approximate surface area is 101 Å². The predicted octanol–water partition coefficient (Wildman–Crippen LogP) is 1.22. The Hall–Kier alpha value is -2.10. The summed E-state index contributed by atoms with van der Waals surface area (Å²) in [5.41, 5.74) is 11.6. The second-order valence-corrected chi connectivity index (χ2v) is 3.70. The number of benzene rings is 1. The first-order chi connectivity index (χ1) is 8.24. The number of hydrogen-bond acceptors (Lipinski definition) is 3. The van der Waals surface area contributed by atoms with E-state index in [4.69, 9.17) is 11.5 Å². The Kier molecular flexibility index (Phi) is 5.51. The molecule has 0 fully saturated rings. The minimum Gasteiger partial charge on any atom is -0.403 e. The van der Waals surface area contributed by atoms with Gasteiger partial charge in [-0.3, -0.25) is 9.79 Å². The highest BCUT2D eigenvalue weighted by atomic mass is 16.1. The van der Waals surface area contributed by atoms with Crippen molar-refractivity contribution >= 4 is 12.1 Å². The average molecular weight is 231 g/mol. The lowest BCUT2D eigenvalue weighted by molar-refractivity contribution is -0.121. The first-order valence-corrected chi connectivity index (χ1v) is 5.45. The van der Waals surface area contributed by atoms with Crippen molar-refractivity contribution in [1.29, 1.82) is 0 Å². The van der Waals surface area contributed by atoms with Gasteiger partial charge in [0.15, 0.2) is 0 Å². The summed E-state index contributed by atoms with van der Waals surface area (Å²) >= 11 is 0. The van der Waals surface area contributed by atoms with Crippen molar-refractivity contribution in [2.24, 2.45) is 22.4 Å².